The zero-order valence-corrected chi connectivity index (χ0v) is 11.5. The Kier molecular flexibility index (Phi) is 7.24. The minimum atomic E-state index is -0.815. The summed E-state index contributed by atoms with van der Waals surface area (Å²) in [6.45, 7) is 5.81. The Labute approximate surface area is 112 Å². The van der Waals surface area contributed by atoms with Crippen molar-refractivity contribution in [3.05, 3.63) is 34.9 Å². The normalized spacial score (nSPS) is 10.2. The lowest BCUT2D eigenvalue weighted by atomic mass is 10.1. The molecule has 0 saturated heterocycles. The van der Waals surface area contributed by atoms with Crippen molar-refractivity contribution in [3.63, 3.8) is 0 Å². The van der Waals surface area contributed by atoms with Gasteiger partial charge in [-0.1, -0.05) is 23.7 Å². The van der Waals surface area contributed by atoms with Gasteiger partial charge in [-0.15, -0.1) is 0 Å². The third kappa shape index (κ3) is 9.81. The summed E-state index contributed by atoms with van der Waals surface area (Å²) < 4.78 is 0. The van der Waals surface area contributed by atoms with E-state index in [1.54, 1.807) is 24.3 Å². The highest BCUT2D eigenvalue weighted by Crippen LogP contribution is 2.07. The third-order valence-electron chi connectivity index (χ3n) is 1.78. The van der Waals surface area contributed by atoms with Crippen LogP contribution in [0.2, 0.25) is 5.02 Å². The van der Waals surface area contributed by atoms with Gasteiger partial charge in [0.2, 0.25) is 0 Å². The van der Waals surface area contributed by atoms with E-state index in [4.69, 9.17) is 16.7 Å². The maximum atomic E-state index is 10.1. The van der Waals surface area contributed by atoms with Gasteiger partial charge in [0.05, 0.1) is 6.54 Å². The number of halogens is 1. The van der Waals surface area contributed by atoms with Crippen LogP contribution in [-0.2, 0) is 4.79 Å². The Morgan fingerprint density at radius 3 is 2.11 bits per heavy atom. The molecular formula is C13H18ClNO3. The lowest BCUT2D eigenvalue weighted by Crippen LogP contribution is -2.39. The summed E-state index contributed by atoms with van der Waals surface area (Å²) in [5.41, 5.74) is 0.553. The molecule has 0 bridgehead atoms. The molecule has 100 valence electrons. The number of hydrogen-bond donors (Lipinski definition) is 2. The maximum absolute atomic E-state index is 10.1. The smallest absolute Gasteiger partial charge is 0.317 e. The molecule has 0 aliphatic rings. The van der Waals surface area contributed by atoms with Crippen LogP contribution in [0.15, 0.2) is 24.3 Å². The van der Waals surface area contributed by atoms with Crippen LogP contribution in [0.1, 0.15) is 31.1 Å². The molecule has 5 heteroatoms. The number of benzene rings is 1. The minimum Gasteiger partial charge on any atom is -0.480 e. The molecule has 0 aliphatic heterocycles. The SMILES string of the molecule is CC(C)(C)NCC(=O)O.O=Cc1ccc(Cl)cc1. The van der Waals surface area contributed by atoms with Crippen molar-refractivity contribution in [2.24, 2.45) is 0 Å². The minimum absolute atomic E-state index is 0.0312. The largest absolute Gasteiger partial charge is 0.480 e. The van der Waals surface area contributed by atoms with Gasteiger partial charge in [0.15, 0.2) is 0 Å². The van der Waals surface area contributed by atoms with Crippen LogP contribution in [0.5, 0.6) is 0 Å². The van der Waals surface area contributed by atoms with E-state index in [9.17, 15) is 9.59 Å². The second kappa shape index (κ2) is 7.84. The fourth-order valence-electron chi connectivity index (χ4n) is 0.882. The summed E-state index contributed by atoms with van der Waals surface area (Å²) >= 11 is 5.55. The molecule has 0 unspecified atom stereocenters. The number of rotatable bonds is 3. The second-order valence-electron chi connectivity index (χ2n) is 4.67. The molecule has 1 rings (SSSR count). The average molecular weight is 272 g/mol. The average Bonchev–Trinajstić information content (AvgIpc) is 2.27. The molecule has 0 aliphatic carbocycles. The second-order valence-corrected chi connectivity index (χ2v) is 5.10. The number of aliphatic carboxylic acids is 1. The zero-order chi connectivity index (χ0) is 14.2. The van der Waals surface area contributed by atoms with Crippen molar-refractivity contribution in [1.29, 1.82) is 0 Å². The molecule has 2 N–H and O–H groups in total. The Morgan fingerprint density at radius 2 is 1.83 bits per heavy atom. The molecule has 4 nitrogen and oxygen atoms in total. The predicted molar refractivity (Wildman–Crippen MR) is 72.2 cm³/mol. The van der Waals surface area contributed by atoms with Gasteiger partial charge in [-0.25, -0.2) is 0 Å². The first-order valence-electron chi connectivity index (χ1n) is 5.42. The molecule has 1 aromatic carbocycles. The standard InChI is InChI=1S/C7H5ClO.C6H13NO2/c8-7-3-1-6(5-9)2-4-7;1-6(2,3)7-4-5(8)9/h1-5H;7H,4H2,1-3H3,(H,8,9). The van der Waals surface area contributed by atoms with E-state index in [1.165, 1.54) is 0 Å². The lowest BCUT2D eigenvalue weighted by molar-refractivity contribution is -0.136. The van der Waals surface area contributed by atoms with E-state index in [1.807, 2.05) is 20.8 Å². The van der Waals surface area contributed by atoms with Crippen LogP contribution in [-0.4, -0.2) is 29.4 Å². The van der Waals surface area contributed by atoms with E-state index < -0.39 is 5.97 Å². The fourth-order valence-corrected chi connectivity index (χ4v) is 1.01. The molecule has 0 saturated carbocycles. The topological polar surface area (TPSA) is 66.4 Å². The lowest BCUT2D eigenvalue weighted by Gasteiger charge is -2.18. The van der Waals surface area contributed by atoms with E-state index in [0.29, 0.717) is 10.6 Å². The number of carbonyl (C=O) groups excluding carboxylic acids is 1. The molecule has 0 spiro atoms. The Balaban J connectivity index is 0.000000321. The molecule has 18 heavy (non-hydrogen) atoms. The number of aldehydes is 1. The number of hydrogen-bond acceptors (Lipinski definition) is 3. The van der Waals surface area contributed by atoms with Crippen molar-refractivity contribution in [3.8, 4) is 0 Å². The molecular weight excluding hydrogens is 254 g/mol. The quantitative estimate of drug-likeness (QED) is 0.830. The predicted octanol–water partition coefficient (Wildman–Crippen LogP) is 2.61. The Bertz CT molecular complexity index is 382. The molecule has 0 atom stereocenters. The molecule has 0 amide bonds. The summed E-state index contributed by atoms with van der Waals surface area (Å²) in [6.07, 6.45) is 0.788. The molecule has 0 heterocycles. The molecule has 0 radical (unpaired) electrons. The highest BCUT2D eigenvalue weighted by atomic mass is 35.5. The molecule has 0 aromatic heterocycles. The first-order chi connectivity index (χ1) is 8.24. The molecule has 1 aromatic rings. The third-order valence-corrected chi connectivity index (χ3v) is 2.03. The highest BCUT2D eigenvalue weighted by molar-refractivity contribution is 6.30. The summed E-state index contributed by atoms with van der Waals surface area (Å²) in [5, 5.41) is 11.7. The molecule has 0 fully saturated rings. The van der Waals surface area contributed by atoms with Gasteiger partial charge in [-0.3, -0.25) is 9.59 Å². The number of carboxylic acids is 1. The van der Waals surface area contributed by atoms with Gasteiger partial charge >= 0.3 is 5.97 Å². The van der Waals surface area contributed by atoms with Gasteiger partial charge in [0.1, 0.15) is 6.29 Å². The summed E-state index contributed by atoms with van der Waals surface area (Å²) in [6, 6.07) is 6.72. The Morgan fingerprint density at radius 1 is 1.33 bits per heavy atom. The number of nitrogens with one attached hydrogen (secondary N) is 1. The number of carboxylic acid groups (broad SMARTS) is 1. The van der Waals surface area contributed by atoms with E-state index in [-0.39, 0.29) is 12.1 Å². The van der Waals surface area contributed by atoms with Gasteiger partial charge < -0.3 is 10.4 Å². The van der Waals surface area contributed by atoms with Crippen molar-refractivity contribution < 1.29 is 14.7 Å². The van der Waals surface area contributed by atoms with Crippen LogP contribution in [0, 0.1) is 0 Å². The van der Waals surface area contributed by atoms with Crippen molar-refractivity contribution in [1.82, 2.24) is 5.32 Å². The van der Waals surface area contributed by atoms with Gasteiger partial charge in [-0.05, 0) is 32.9 Å². The van der Waals surface area contributed by atoms with Crippen LogP contribution in [0.25, 0.3) is 0 Å². The van der Waals surface area contributed by atoms with E-state index in [0.717, 1.165) is 6.29 Å². The first kappa shape index (κ1) is 16.6. The Hall–Kier alpha value is -1.39. The zero-order valence-electron chi connectivity index (χ0n) is 10.7. The van der Waals surface area contributed by atoms with E-state index >= 15 is 0 Å². The summed E-state index contributed by atoms with van der Waals surface area (Å²) in [5.74, 6) is -0.815. The summed E-state index contributed by atoms with van der Waals surface area (Å²) in [4.78, 5) is 20.1. The highest BCUT2D eigenvalue weighted by Gasteiger charge is 2.09. The maximum Gasteiger partial charge on any atom is 0.317 e. The van der Waals surface area contributed by atoms with E-state index in [2.05, 4.69) is 5.32 Å². The van der Waals surface area contributed by atoms with Crippen LogP contribution >= 0.6 is 11.6 Å². The monoisotopic (exact) mass is 271 g/mol. The summed E-state index contributed by atoms with van der Waals surface area (Å²) in [7, 11) is 0. The van der Waals surface area contributed by atoms with Crippen molar-refractivity contribution in [2.75, 3.05) is 6.54 Å². The number of carbonyl (C=O) groups is 2. The van der Waals surface area contributed by atoms with Crippen LogP contribution < -0.4 is 5.32 Å². The van der Waals surface area contributed by atoms with Crippen LogP contribution in [0.4, 0.5) is 0 Å². The van der Waals surface area contributed by atoms with Crippen LogP contribution in [0.3, 0.4) is 0 Å². The first-order valence-corrected chi connectivity index (χ1v) is 5.80. The van der Waals surface area contributed by atoms with Crippen molar-refractivity contribution >= 4 is 23.9 Å². The van der Waals surface area contributed by atoms with Gasteiger partial charge in [0, 0.05) is 16.1 Å². The van der Waals surface area contributed by atoms with Gasteiger partial charge in [-0.2, -0.15) is 0 Å². The fraction of sp³-hybridized carbons (Fsp3) is 0.385. The van der Waals surface area contributed by atoms with Gasteiger partial charge in [0.25, 0.3) is 0 Å². The van der Waals surface area contributed by atoms with Crippen molar-refractivity contribution in [2.45, 2.75) is 26.3 Å².